The monoisotopic (exact) mass is 416 g/mol. The lowest BCUT2D eigenvalue weighted by Crippen LogP contribution is -2.35. The standard InChI is InChI=1S/C22H25ClN2O4/c23-20-3-1-2-17(14-20)8-9-24-21(26)16-29-22(27)19-6-4-18(5-7-19)15-25-10-12-28-13-11-25/h1-7,14H,8-13,15-16H2,(H,24,26). The van der Waals surface area contributed by atoms with Crippen LogP contribution in [0.15, 0.2) is 48.5 Å². The predicted molar refractivity (Wildman–Crippen MR) is 111 cm³/mol. The molecule has 0 spiro atoms. The maximum absolute atomic E-state index is 12.1. The van der Waals surface area contributed by atoms with Gasteiger partial charge < -0.3 is 14.8 Å². The van der Waals surface area contributed by atoms with Crippen LogP contribution in [0.5, 0.6) is 0 Å². The van der Waals surface area contributed by atoms with Gasteiger partial charge in [0.25, 0.3) is 5.91 Å². The van der Waals surface area contributed by atoms with Crippen LogP contribution in [-0.4, -0.2) is 56.2 Å². The molecule has 0 saturated carbocycles. The fraction of sp³-hybridized carbons (Fsp3) is 0.364. The zero-order chi connectivity index (χ0) is 20.5. The molecule has 29 heavy (non-hydrogen) atoms. The van der Waals surface area contributed by atoms with Crippen molar-refractivity contribution in [1.29, 1.82) is 0 Å². The fourth-order valence-corrected chi connectivity index (χ4v) is 3.28. The maximum Gasteiger partial charge on any atom is 0.338 e. The third kappa shape index (κ3) is 7.16. The van der Waals surface area contributed by atoms with E-state index >= 15 is 0 Å². The molecule has 6 nitrogen and oxygen atoms in total. The molecule has 3 rings (SSSR count). The molecule has 1 saturated heterocycles. The molecule has 0 radical (unpaired) electrons. The molecule has 0 bridgehead atoms. The Hall–Kier alpha value is -2.41. The minimum Gasteiger partial charge on any atom is -0.452 e. The number of esters is 1. The lowest BCUT2D eigenvalue weighted by molar-refractivity contribution is -0.124. The molecule has 2 aromatic rings. The van der Waals surface area contributed by atoms with Crippen molar-refractivity contribution >= 4 is 23.5 Å². The number of rotatable bonds is 8. The highest BCUT2D eigenvalue weighted by molar-refractivity contribution is 6.30. The number of nitrogens with zero attached hydrogens (tertiary/aromatic N) is 1. The number of carbonyl (C=O) groups excluding carboxylic acids is 2. The van der Waals surface area contributed by atoms with Gasteiger partial charge in [-0.3, -0.25) is 9.69 Å². The third-order valence-corrected chi connectivity index (χ3v) is 4.89. The molecule has 154 valence electrons. The largest absolute Gasteiger partial charge is 0.452 e. The first-order valence-electron chi connectivity index (χ1n) is 9.67. The molecular weight excluding hydrogens is 392 g/mol. The predicted octanol–water partition coefficient (Wildman–Crippen LogP) is 2.69. The molecular formula is C22H25ClN2O4. The summed E-state index contributed by atoms with van der Waals surface area (Å²) in [6.45, 7) is 4.31. The summed E-state index contributed by atoms with van der Waals surface area (Å²) in [6.07, 6.45) is 0.658. The molecule has 0 aliphatic carbocycles. The molecule has 7 heteroatoms. The lowest BCUT2D eigenvalue weighted by atomic mass is 10.1. The Labute approximate surface area is 175 Å². The quantitative estimate of drug-likeness (QED) is 0.670. The van der Waals surface area contributed by atoms with Crippen molar-refractivity contribution in [2.75, 3.05) is 39.5 Å². The van der Waals surface area contributed by atoms with Gasteiger partial charge in [0.15, 0.2) is 6.61 Å². The molecule has 1 N–H and O–H groups in total. The van der Waals surface area contributed by atoms with Crippen LogP contribution in [0.4, 0.5) is 0 Å². The highest BCUT2D eigenvalue weighted by Crippen LogP contribution is 2.11. The zero-order valence-electron chi connectivity index (χ0n) is 16.2. The molecule has 1 heterocycles. The van der Waals surface area contributed by atoms with E-state index in [0.29, 0.717) is 23.6 Å². The molecule has 0 atom stereocenters. The Bertz CT molecular complexity index is 820. The summed E-state index contributed by atoms with van der Waals surface area (Å²) >= 11 is 5.94. The van der Waals surface area contributed by atoms with E-state index in [4.69, 9.17) is 21.1 Å². The van der Waals surface area contributed by atoms with Gasteiger partial charge in [0.2, 0.25) is 0 Å². The first kappa shape index (κ1) is 21.3. The van der Waals surface area contributed by atoms with E-state index in [1.165, 1.54) is 0 Å². The Morgan fingerprint density at radius 2 is 1.83 bits per heavy atom. The SMILES string of the molecule is O=C(COC(=O)c1ccc(CN2CCOCC2)cc1)NCCc1cccc(Cl)c1. The average molecular weight is 417 g/mol. The summed E-state index contributed by atoms with van der Waals surface area (Å²) in [5.74, 6) is -0.836. The van der Waals surface area contributed by atoms with Crippen molar-refractivity contribution in [2.24, 2.45) is 0 Å². The van der Waals surface area contributed by atoms with Gasteiger partial charge in [-0.15, -0.1) is 0 Å². The zero-order valence-corrected chi connectivity index (χ0v) is 17.0. The van der Waals surface area contributed by atoms with Crippen LogP contribution in [0.3, 0.4) is 0 Å². The number of amides is 1. The fourth-order valence-electron chi connectivity index (χ4n) is 3.07. The number of hydrogen-bond donors (Lipinski definition) is 1. The van der Waals surface area contributed by atoms with Crippen LogP contribution in [0, 0.1) is 0 Å². The molecule has 1 amide bonds. The first-order chi connectivity index (χ1) is 14.1. The second kappa shape index (κ2) is 11.0. The lowest BCUT2D eigenvalue weighted by Gasteiger charge is -2.26. The van der Waals surface area contributed by atoms with Gasteiger partial charge in [0, 0.05) is 31.2 Å². The molecule has 1 aliphatic heterocycles. The van der Waals surface area contributed by atoms with E-state index in [9.17, 15) is 9.59 Å². The van der Waals surface area contributed by atoms with Crippen LogP contribution >= 0.6 is 11.6 Å². The van der Waals surface area contributed by atoms with Crippen molar-refractivity contribution < 1.29 is 19.1 Å². The van der Waals surface area contributed by atoms with Gasteiger partial charge in [0.1, 0.15) is 0 Å². The highest BCUT2D eigenvalue weighted by atomic mass is 35.5. The summed E-state index contributed by atoms with van der Waals surface area (Å²) in [5, 5.41) is 3.40. The Kier molecular flexibility index (Phi) is 8.04. The van der Waals surface area contributed by atoms with Crippen molar-refractivity contribution in [2.45, 2.75) is 13.0 Å². The van der Waals surface area contributed by atoms with Crippen molar-refractivity contribution in [3.63, 3.8) is 0 Å². The van der Waals surface area contributed by atoms with Crippen molar-refractivity contribution in [1.82, 2.24) is 10.2 Å². The molecule has 0 unspecified atom stereocenters. The van der Waals surface area contributed by atoms with Crippen LogP contribution in [0.25, 0.3) is 0 Å². The van der Waals surface area contributed by atoms with E-state index in [1.54, 1.807) is 18.2 Å². The van der Waals surface area contributed by atoms with Crippen LogP contribution in [-0.2, 0) is 27.2 Å². The van der Waals surface area contributed by atoms with Gasteiger partial charge in [-0.05, 0) is 41.8 Å². The van der Waals surface area contributed by atoms with Crippen LogP contribution in [0.1, 0.15) is 21.5 Å². The normalized spacial score (nSPS) is 14.4. The van der Waals surface area contributed by atoms with Crippen LogP contribution < -0.4 is 5.32 Å². The Morgan fingerprint density at radius 1 is 1.07 bits per heavy atom. The minimum atomic E-state index is -0.507. The van der Waals surface area contributed by atoms with Gasteiger partial charge >= 0.3 is 5.97 Å². The second-order valence-electron chi connectivity index (χ2n) is 6.89. The van der Waals surface area contributed by atoms with Crippen molar-refractivity contribution in [3.05, 3.63) is 70.2 Å². The van der Waals surface area contributed by atoms with E-state index in [-0.39, 0.29) is 12.5 Å². The smallest absolute Gasteiger partial charge is 0.338 e. The average Bonchev–Trinajstić information content (AvgIpc) is 2.73. The van der Waals surface area contributed by atoms with E-state index < -0.39 is 5.97 Å². The van der Waals surface area contributed by atoms with Gasteiger partial charge in [-0.25, -0.2) is 4.79 Å². The van der Waals surface area contributed by atoms with E-state index in [0.717, 1.165) is 44.0 Å². The topological polar surface area (TPSA) is 67.9 Å². The number of nitrogens with one attached hydrogen (secondary N) is 1. The summed E-state index contributed by atoms with van der Waals surface area (Å²) < 4.78 is 10.4. The Morgan fingerprint density at radius 3 is 2.55 bits per heavy atom. The van der Waals surface area contributed by atoms with Crippen LogP contribution in [0.2, 0.25) is 5.02 Å². The number of ether oxygens (including phenoxy) is 2. The highest BCUT2D eigenvalue weighted by Gasteiger charge is 2.13. The third-order valence-electron chi connectivity index (χ3n) is 4.66. The maximum atomic E-state index is 12.1. The minimum absolute atomic E-state index is 0.302. The molecule has 0 aromatic heterocycles. The second-order valence-corrected chi connectivity index (χ2v) is 7.33. The summed E-state index contributed by atoms with van der Waals surface area (Å²) in [5.41, 5.74) is 2.59. The number of carbonyl (C=O) groups is 2. The molecule has 2 aromatic carbocycles. The molecule has 1 aliphatic rings. The number of morpholine rings is 1. The first-order valence-corrected chi connectivity index (χ1v) is 10.1. The van der Waals surface area contributed by atoms with E-state index in [2.05, 4.69) is 10.2 Å². The summed E-state index contributed by atoms with van der Waals surface area (Å²) in [6, 6.07) is 14.8. The summed E-state index contributed by atoms with van der Waals surface area (Å²) in [7, 11) is 0. The van der Waals surface area contributed by atoms with E-state index in [1.807, 2.05) is 30.3 Å². The molecule has 1 fully saturated rings. The number of hydrogen-bond acceptors (Lipinski definition) is 5. The van der Waals surface area contributed by atoms with Gasteiger partial charge in [-0.1, -0.05) is 35.9 Å². The number of halogens is 1. The van der Waals surface area contributed by atoms with Gasteiger partial charge in [0.05, 0.1) is 18.8 Å². The number of benzene rings is 2. The Balaban J connectivity index is 1.37. The summed E-state index contributed by atoms with van der Waals surface area (Å²) in [4.78, 5) is 26.3. The van der Waals surface area contributed by atoms with Gasteiger partial charge in [-0.2, -0.15) is 0 Å². The van der Waals surface area contributed by atoms with Crippen molar-refractivity contribution in [3.8, 4) is 0 Å².